The maximum absolute atomic E-state index is 12.5. The third-order valence-corrected chi connectivity index (χ3v) is 4.81. The Morgan fingerprint density at radius 1 is 1.24 bits per heavy atom. The number of fused-ring (bicyclic) bond motifs is 3. The molecule has 0 aromatic carbocycles. The van der Waals surface area contributed by atoms with Crippen molar-refractivity contribution in [3.63, 3.8) is 0 Å². The van der Waals surface area contributed by atoms with Gasteiger partial charge < -0.3 is 4.90 Å². The Kier molecular flexibility index (Phi) is 2.46. The van der Waals surface area contributed by atoms with Crippen LogP contribution in [0.15, 0.2) is 53.9 Å². The van der Waals surface area contributed by atoms with E-state index >= 15 is 0 Å². The highest BCUT2D eigenvalue weighted by atomic mass is 16.1. The quantitative estimate of drug-likeness (QED) is 0.792. The highest BCUT2D eigenvalue weighted by molar-refractivity contribution is 6.01. The van der Waals surface area contributed by atoms with Crippen molar-refractivity contribution in [2.24, 2.45) is 5.41 Å². The van der Waals surface area contributed by atoms with E-state index in [0.29, 0.717) is 5.95 Å². The molecule has 4 rings (SSSR count). The summed E-state index contributed by atoms with van der Waals surface area (Å²) in [4.78, 5) is 23.4. The van der Waals surface area contributed by atoms with Crippen LogP contribution >= 0.6 is 0 Å². The topological polar surface area (TPSA) is 46.1 Å². The Balaban J connectivity index is 1.94. The van der Waals surface area contributed by atoms with Gasteiger partial charge in [0.1, 0.15) is 6.04 Å². The molecule has 3 heterocycles. The summed E-state index contributed by atoms with van der Waals surface area (Å²) in [6, 6.07) is 1.65. The lowest BCUT2D eigenvalue weighted by atomic mass is 9.68. The molecule has 2 atom stereocenters. The number of hydrogen-bond donors (Lipinski definition) is 0. The molecule has 0 saturated carbocycles. The van der Waals surface area contributed by atoms with Crippen LogP contribution < -0.4 is 4.90 Å². The first-order valence-corrected chi connectivity index (χ1v) is 7.28. The molecule has 2 aliphatic heterocycles. The van der Waals surface area contributed by atoms with Crippen molar-refractivity contribution in [3.8, 4) is 0 Å². The maximum Gasteiger partial charge on any atom is 0.226 e. The number of carbonyl (C=O) groups is 1. The molecule has 1 aromatic rings. The van der Waals surface area contributed by atoms with Crippen LogP contribution in [-0.2, 0) is 4.79 Å². The molecule has 0 unspecified atom stereocenters. The Bertz CT molecular complexity index is 700. The largest absolute Gasteiger partial charge is 0.319 e. The van der Waals surface area contributed by atoms with Crippen molar-refractivity contribution in [1.29, 1.82) is 0 Å². The van der Waals surface area contributed by atoms with E-state index in [-0.39, 0.29) is 23.3 Å². The number of aromatic nitrogens is 2. The zero-order valence-electron chi connectivity index (χ0n) is 12.2. The van der Waals surface area contributed by atoms with Crippen molar-refractivity contribution < 1.29 is 4.79 Å². The number of carbonyl (C=O) groups excluding carboxylic acids is 1. The second kappa shape index (κ2) is 4.13. The van der Waals surface area contributed by atoms with Gasteiger partial charge in [0.05, 0.1) is 6.04 Å². The molecule has 3 aliphatic rings. The van der Waals surface area contributed by atoms with Gasteiger partial charge in [-0.2, -0.15) is 0 Å². The average molecular weight is 279 g/mol. The Hall–Kier alpha value is -2.23. The SMILES string of the molecule is CC1(C)C2=C(CC=C2)[C@@H]2C(=O)C=C[C@H]1N2c1ncccn1. The first-order valence-electron chi connectivity index (χ1n) is 7.28. The van der Waals surface area contributed by atoms with E-state index in [1.807, 2.05) is 6.08 Å². The van der Waals surface area contributed by atoms with Crippen LogP contribution in [0.3, 0.4) is 0 Å². The highest BCUT2D eigenvalue weighted by Crippen LogP contribution is 2.49. The predicted molar refractivity (Wildman–Crippen MR) is 80.8 cm³/mol. The van der Waals surface area contributed by atoms with Gasteiger partial charge in [-0.05, 0) is 29.7 Å². The van der Waals surface area contributed by atoms with Gasteiger partial charge in [0, 0.05) is 17.8 Å². The highest BCUT2D eigenvalue weighted by Gasteiger charge is 2.50. The number of nitrogens with zero attached hydrogens (tertiary/aromatic N) is 3. The molecule has 0 radical (unpaired) electrons. The third kappa shape index (κ3) is 1.59. The average Bonchev–Trinajstić information content (AvgIpc) is 2.97. The van der Waals surface area contributed by atoms with E-state index in [4.69, 9.17) is 0 Å². The van der Waals surface area contributed by atoms with E-state index in [2.05, 4.69) is 40.9 Å². The summed E-state index contributed by atoms with van der Waals surface area (Å²) in [6.45, 7) is 4.46. The molecular formula is C17H17N3O. The summed E-state index contributed by atoms with van der Waals surface area (Å²) in [7, 11) is 0. The van der Waals surface area contributed by atoms with Crippen LogP contribution in [0.2, 0.25) is 0 Å². The summed E-state index contributed by atoms with van der Waals surface area (Å²) in [5.41, 5.74) is 2.45. The van der Waals surface area contributed by atoms with E-state index in [1.165, 1.54) is 11.1 Å². The van der Waals surface area contributed by atoms with Gasteiger partial charge in [0.15, 0.2) is 5.78 Å². The van der Waals surface area contributed by atoms with E-state index in [1.54, 1.807) is 24.5 Å². The van der Waals surface area contributed by atoms with Crippen LogP contribution in [0.5, 0.6) is 0 Å². The van der Waals surface area contributed by atoms with Crippen LogP contribution in [0, 0.1) is 5.41 Å². The van der Waals surface area contributed by atoms with Gasteiger partial charge in [-0.15, -0.1) is 0 Å². The normalized spacial score (nSPS) is 29.0. The zero-order valence-corrected chi connectivity index (χ0v) is 12.2. The summed E-state index contributed by atoms with van der Waals surface area (Å²) in [5.74, 6) is 0.766. The fourth-order valence-electron chi connectivity index (χ4n) is 3.83. The second-order valence-electron chi connectivity index (χ2n) is 6.33. The molecular weight excluding hydrogens is 262 g/mol. The van der Waals surface area contributed by atoms with E-state index in [9.17, 15) is 4.79 Å². The van der Waals surface area contributed by atoms with Crippen LogP contribution in [0.1, 0.15) is 20.3 Å². The predicted octanol–water partition coefficient (Wildman–Crippen LogP) is 2.46. The molecule has 1 aromatic heterocycles. The summed E-state index contributed by atoms with van der Waals surface area (Å²) >= 11 is 0. The van der Waals surface area contributed by atoms with E-state index in [0.717, 1.165) is 6.42 Å². The van der Waals surface area contributed by atoms with Gasteiger partial charge >= 0.3 is 0 Å². The van der Waals surface area contributed by atoms with Crippen molar-refractivity contribution in [2.45, 2.75) is 32.4 Å². The first kappa shape index (κ1) is 12.5. The third-order valence-electron chi connectivity index (χ3n) is 4.81. The summed E-state index contributed by atoms with van der Waals surface area (Å²) in [6.07, 6.45) is 12.4. The number of anilines is 1. The van der Waals surface area contributed by atoms with E-state index < -0.39 is 0 Å². The molecule has 4 heteroatoms. The van der Waals surface area contributed by atoms with Crippen LogP contribution in [0.4, 0.5) is 5.95 Å². The minimum absolute atomic E-state index is 0.0603. The minimum atomic E-state index is -0.250. The Labute approximate surface area is 123 Å². The summed E-state index contributed by atoms with van der Waals surface area (Å²) in [5, 5.41) is 0. The minimum Gasteiger partial charge on any atom is -0.319 e. The van der Waals surface area contributed by atoms with Crippen molar-refractivity contribution in [1.82, 2.24) is 9.97 Å². The van der Waals surface area contributed by atoms with Crippen molar-refractivity contribution >= 4 is 11.7 Å². The Morgan fingerprint density at radius 2 is 2.00 bits per heavy atom. The fraction of sp³-hybridized carbons (Fsp3) is 0.353. The second-order valence-corrected chi connectivity index (χ2v) is 6.33. The van der Waals surface area contributed by atoms with Gasteiger partial charge in [-0.3, -0.25) is 4.79 Å². The molecule has 106 valence electrons. The molecule has 2 bridgehead atoms. The van der Waals surface area contributed by atoms with Gasteiger partial charge in [-0.1, -0.05) is 32.1 Å². The molecule has 0 N–H and O–H groups in total. The van der Waals surface area contributed by atoms with Gasteiger partial charge in [0.25, 0.3) is 0 Å². The van der Waals surface area contributed by atoms with Gasteiger partial charge in [-0.25, -0.2) is 9.97 Å². The monoisotopic (exact) mass is 279 g/mol. The molecule has 0 spiro atoms. The number of ketones is 1. The number of hydrogen-bond acceptors (Lipinski definition) is 4. The lowest BCUT2D eigenvalue weighted by Crippen LogP contribution is -2.59. The summed E-state index contributed by atoms with van der Waals surface area (Å²) < 4.78 is 0. The first-order chi connectivity index (χ1) is 10.1. The Morgan fingerprint density at radius 3 is 2.76 bits per heavy atom. The standard InChI is InChI=1S/C17H17N3O/c1-17(2)12-6-3-5-11(12)15-13(21)7-8-14(17)20(15)16-18-9-4-10-19-16/h3-4,6-10,14-15H,5H2,1-2H3/t14-,15-/m1/s1. The number of rotatable bonds is 1. The molecule has 0 saturated heterocycles. The molecule has 21 heavy (non-hydrogen) atoms. The maximum atomic E-state index is 12.5. The fourth-order valence-corrected chi connectivity index (χ4v) is 3.83. The lowest BCUT2D eigenvalue weighted by Gasteiger charge is -2.51. The number of allylic oxidation sites excluding steroid dienone is 2. The smallest absolute Gasteiger partial charge is 0.226 e. The van der Waals surface area contributed by atoms with Crippen molar-refractivity contribution in [3.05, 3.63) is 53.9 Å². The molecule has 1 aliphatic carbocycles. The van der Waals surface area contributed by atoms with Crippen LogP contribution in [-0.4, -0.2) is 27.8 Å². The molecule has 0 fully saturated rings. The van der Waals surface area contributed by atoms with Crippen molar-refractivity contribution in [2.75, 3.05) is 4.90 Å². The zero-order chi connectivity index (χ0) is 14.6. The molecule has 0 amide bonds. The van der Waals surface area contributed by atoms with Gasteiger partial charge in [0.2, 0.25) is 5.95 Å². The van der Waals surface area contributed by atoms with Crippen LogP contribution in [0.25, 0.3) is 0 Å². The molecule has 4 nitrogen and oxygen atoms in total. The lowest BCUT2D eigenvalue weighted by molar-refractivity contribution is -0.115.